The van der Waals surface area contributed by atoms with Crippen molar-refractivity contribution >= 4 is 0 Å². The summed E-state index contributed by atoms with van der Waals surface area (Å²) in [6.07, 6.45) is 8.39. The van der Waals surface area contributed by atoms with E-state index in [1.807, 2.05) is 0 Å². The normalized spacial score (nSPS) is 31.0. The molecule has 0 bridgehead atoms. The van der Waals surface area contributed by atoms with Crippen LogP contribution in [0.5, 0.6) is 0 Å². The second-order valence-corrected chi connectivity index (χ2v) is 4.94. The highest BCUT2D eigenvalue weighted by Crippen LogP contribution is 2.30. The topological polar surface area (TPSA) is 32.3 Å². The first-order chi connectivity index (χ1) is 7.27. The van der Waals surface area contributed by atoms with Crippen molar-refractivity contribution in [2.45, 2.75) is 70.9 Å². The number of nitrogens with one attached hydrogen (secondary N) is 1. The first kappa shape index (κ1) is 13.0. The van der Waals surface area contributed by atoms with Gasteiger partial charge in [0.25, 0.3) is 0 Å². The second kappa shape index (κ2) is 7.24. The molecule has 0 spiro atoms. The highest BCUT2D eigenvalue weighted by atomic mass is 16.3. The molecule has 0 aromatic heterocycles. The maximum absolute atomic E-state index is 9.69. The summed E-state index contributed by atoms with van der Waals surface area (Å²) in [4.78, 5) is 0. The third kappa shape index (κ3) is 4.52. The first-order valence-electron chi connectivity index (χ1n) is 6.69. The number of hydrogen-bond donors (Lipinski definition) is 2. The van der Waals surface area contributed by atoms with Gasteiger partial charge in [0, 0.05) is 6.04 Å². The summed E-state index contributed by atoms with van der Waals surface area (Å²) in [5, 5.41) is 13.3. The zero-order valence-corrected chi connectivity index (χ0v) is 10.3. The number of aliphatic hydroxyl groups excluding tert-OH is 1. The molecular weight excluding hydrogens is 186 g/mol. The van der Waals surface area contributed by atoms with E-state index in [1.165, 1.54) is 32.1 Å². The van der Waals surface area contributed by atoms with Gasteiger partial charge in [-0.2, -0.15) is 0 Å². The fourth-order valence-electron chi connectivity index (χ4n) is 2.65. The third-order valence-electron chi connectivity index (χ3n) is 3.50. The van der Waals surface area contributed by atoms with Gasteiger partial charge in [0.05, 0.1) is 6.10 Å². The van der Waals surface area contributed by atoms with Gasteiger partial charge in [-0.3, -0.25) is 0 Å². The lowest BCUT2D eigenvalue weighted by Crippen LogP contribution is -2.33. The van der Waals surface area contributed by atoms with Crippen molar-refractivity contribution in [1.82, 2.24) is 5.32 Å². The summed E-state index contributed by atoms with van der Waals surface area (Å²) in [6, 6.07) is 0.580. The van der Waals surface area contributed by atoms with Crippen LogP contribution in [-0.2, 0) is 0 Å². The van der Waals surface area contributed by atoms with Crippen LogP contribution in [0.4, 0.5) is 0 Å². The molecule has 1 aliphatic rings. The predicted molar refractivity (Wildman–Crippen MR) is 65.0 cm³/mol. The van der Waals surface area contributed by atoms with Crippen LogP contribution >= 0.6 is 0 Å². The zero-order chi connectivity index (χ0) is 11.1. The largest absolute Gasteiger partial charge is 0.393 e. The molecule has 0 radical (unpaired) electrons. The van der Waals surface area contributed by atoms with Crippen molar-refractivity contribution in [2.75, 3.05) is 6.54 Å². The van der Waals surface area contributed by atoms with Gasteiger partial charge in [0.15, 0.2) is 0 Å². The van der Waals surface area contributed by atoms with Gasteiger partial charge in [0.1, 0.15) is 0 Å². The van der Waals surface area contributed by atoms with Crippen LogP contribution in [0.2, 0.25) is 0 Å². The SMILES string of the molecule is CCCCC[C@@H]1C[C@H](O)CC1NCCC. The van der Waals surface area contributed by atoms with E-state index in [0.29, 0.717) is 6.04 Å². The van der Waals surface area contributed by atoms with Crippen molar-refractivity contribution in [3.8, 4) is 0 Å². The monoisotopic (exact) mass is 213 g/mol. The number of unbranched alkanes of at least 4 members (excludes halogenated alkanes) is 2. The lowest BCUT2D eigenvalue weighted by Gasteiger charge is -2.20. The van der Waals surface area contributed by atoms with Gasteiger partial charge in [-0.15, -0.1) is 0 Å². The Bertz CT molecular complexity index is 161. The molecule has 0 aliphatic heterocycles. The molecule has 1 fully saturated rings. The van der Waals surface area contributed by atoms with Crippen molar-refractivity contribution in [2.24, 2.45) is 5.92 Å². The van der Waals surface area contributed by atoms with E-state index in [-0.39, 0.29) is 6.10 Å². The smallest absolute Gasteiger partial charge is 0.0558 e. The van der Waals surface area contributed by atoms with E-state index in [1.54, 1.807) is 0 Å². The van der Waals surface area contributed by atoms with Crippen LogP contribution in [0.3, 0.4) is 0 Å². The van der Waals surface area contributed by atoms with Gasteiger partial charge in [-0.25, -0.2) is 0 Å². The molecule has 0 saturated heterocycles. The molecule has 0 aromatic carbocycles. The third-order valence-corrected chi connectivity index (χ3v) is 3.50. The van der Waals surface area contributed by atoms with Gasteiger partial charge in [0.2, 0.25) is 0 Å². The Hall–Kier alpha value is -0.0800. The van der Waals surface area contributed by atoms with E-state index in [2.05, 4.69) is 19.2 Å². The molecule has 1 rings (SSSR count). The minimum absolute atomic E-state index is 0.0500. The molecule has 90 valence electrons. The molecule has 1 aliphatic carbocycles. The highest BCUT2D eigenvalue weighted by molar-refractivity contribution is 4.88. The Morgan fingerprint density at radius 1 is 1.13 bits per heavy atom. The van der Waals surface area contributed by atoms with Crippen LogP contribution in [-0.4, -0.2) is 23.8 Å². The summed E-state index contributed by atoms with van der Waals surface area (Å²) < 4.78 is 0. The highest BCUT2D eigenvalue weighted by Gasteiger charge is 2.31. The molecule has 0 amide bonds. The zero-order valence-electron chi connectivity index (χ0n) is 10.3. The summed E-state index contributed by atoms with van der Waals surface area (Å²) >= 11 is 0. The lowest BCUT2D eigenvalue weighted by atomic mass is 9.96. The Morgan fingerprint density at radius 3 is 2.60 bits per heavy atom. The Kier molecular flexibility index (Phi) is 6.26. The molecule has 1 unspecified atom stereocenters. The standard InChI is InChI=1S/C13H27NO/c1-3-5-6-7-11-9-12(15)10-13(11)14-8-4-2/h11-15H,3-10H2,1-2H3/t11-,12+,13?/m1/s1. The van der Waals surface area contributed by atoms with Crippen LogP contribution < -0.4 is 5.32 Å². The van der Waals surface area contributed by atoms with E-state index in [0.717, 1.165) is 25.3 Å². The first-order valence-corrected chi connectivity index (χ1v) is 6.69. The fraction of sp³-hybridized carbons (Fsp3) is 1.00. The Balaban J connectivity index is 2.25. The average Bonchev–Trinajstić information content (AvgIpc) is 2.56. The van der Waals surface area contributed by atoms with E-state index < -0.39 is 0 Å². The number of aliphatic hydroxyl groups is 1. The summed E-state index contributed by atoms with van der Waals surface area (Å²) in [5.74, 6) is 0.720. The molecule has 2 N–H and O–H groups in total. The maximum atomic E-state index is 9.69. The minimum atomic E-state index is -0.0500. The summed E-state index contributed by atoms with van der Waals surface area (Å²) in [5.41, 5.74) is 0. The predicted octanol–water partition coefficient (Wildman–Crippen LogP) is 2.71. The van der Waals surface area contributed by atoms with Gasteiger partial charge in [-0.05, 0) is 38.1 Å². The fourth-order valence-corrected chi connectivity index (χ4v) is 2.65. The van der Waals surface area contributed by atoms with Crippen LogP contribution in [0, 0.1) is 5.92 Å². The van der Waals surface area contributed by atoms with Crippen molar-refractivity contribution < 1.29 is 5.11 Å². The summed E-state index contributed by atoms with van der Waals surface area (Å²) in [7, 11) is 0. The molecule has 2 nitrogen and oxygen atoms in total. The van der Waals surface area contributed by atoms with Crippen molar-refractivity contribution in [1.29, 1.82) is 0 Å². The summed E-state index contributed by atoms with van der Waals surface area (Å²) in [6.45, 7) is 5.54. The van der Waals surface area contributed by atoms with Gasteiger partial charge < -0.3 is 10.4 Å². The molecular formula is C13H27NO. The van der Waals surface area contributed by atoms with Gasteiger partial charge in [-0.1, -0.05) is 33.1 Å². The minimum Gasteiger partial charge on any atom is -0.393 e. The molecule has 3 atom stereocenters. The van der Waals surface area contributed by atoms with E-state index >= 15 is 0 Å². The molecule has 15 heavy (non-hydrogen) atoms. The molecule has 0 heterocycles. The molecule has 1 saturated carbocycles. The second-order valence-electron chi connectivity index (χ2n) is 4.94. The number of rotatable bonds is 7. The van der Waals surface area contributed by atoms with Gasteiger partial charge >= 0.3 is 0 Å². The maximum Gasteiger partial charge on any atom is 0.0558 e. The van der Waals surface area contributed by atoms with E-state index in [9.17, 15) is 5.11 Å². The number of hydrogen-bond acceptors (Lipinski definition) is 2. The Labute approximate surface area is 94.5 Å². The Morgan fingerprint density at radius 2 is 1.93 bits per heavy atom. The van der Waals surface area contributed by atoms with E-state index in [4.69, 9.17) is 0 Å². The van der Waals surface area contributed by atoms with Crippen molar-refractivity contribution in [3.63, 3.8) is 0 Å². The van der Waals surface area contributed by atoms with Crippen LogP contribution in [0.25, 0.3) is 0 Å². The average molecular weight is 213 g/mol. The molecule has 0 aromatic rings. The quantitative estimate of drug-likeness (QED) is 0.637. The molecule has 2 heteroatoms. The van der Waals surface area contributed by atoms with Crippen LogP contribution in [0.15, 0.2) is 0 Å². The van der Waals surface area contributed by atoms with Crippen LogP contribution in [0.1, 0.15) is 58.8 Å². The van der Waals surface area contributed by atoms with Crippen molar-refractivity contribution in [3.05, 3.63) is 0 Å². The lowest BCUT2D eigenvalue weighted by molar-refractivity contribution is 0.175.